The van der Waals surface area contributed by atoms with E-state index < -0.39 is 0 Å². The molecule has 1 atom stereocenters. The molecule has 3 heteroatoms. The maximum atomic E-state index is 6.33. The molecule has 0 aliphatic rings. The Balaban J connectivity index is 1.87. The number of rotatable bonds is 4. The zero-order chi connectivity index (χ0) is 13.8. The summed E-state index contributed by atoms with van der Waals surface area (Å²) < 4.78 is 2.10. The van der Waals surface area contributed by atoms with E-state index in [1.54, 1.807) is 6.20 Å². The van der Waals surface area contributed by atoms with E-state index in [2.05, 4.69) is 21.7 Å². The molecule has 0 amide bonds. The highest BCUT2D eigenvalue weighted by Gasteiger charge is 2.14. The Kier molecular flexibility index (Phi) is 3.61. The van der Waals surface area contributed by atoms with Gasteiger partial charge >= 0.3 is 0 Å². The average molecular weight is 263 g/mol. The van der Waals surface area contributed by atoms with Crippen molar-refractivity contribution in [1.82, 2.24) is 9.55 Å². The number of nitrogens with zero attached hydrogens (tertiary/aromatic N) is 2. The van der Waals surface area contributed by atoms with Crippen molar-refractivity contribution >= 4 is 0 Å². The van der Waals surface area contributed by atoms with Gasteiger partial charge in [-0.15, -0.1) is 0 Å². The van der Waals surface area contributed by atoms with Gasteiger partial charge in [0.15, 0.2) is 0 Å². The van der Waals surface area contributed by atoms with Crippen molar-refractivity contribution in [1.29, 1.82) is 0 Å². The first-order valence-corrected chi connectivity index (χ1v) is 6.70. The Bertz CT molecular complexity index is 659. The van der Waals surface area contributed by atoms with Gasteiger partial charge in [0.05, 0.1) is 6.04 Å². The van der Waals surface area contributed by atoms with Crippen LogP contribution in [0.25, 0.3) is 0 Å². The zero-order valence-corrected chi connectivity index (χ0v) is 11.2. The molecule has 0 spiro atoms. The van der Waals surface area contributed by atoms with Gasteiger partial charge in [-0.25, -0.2) is 4.98 Å². The molecule has 0 aliphatic heterocycles. The Hall–Kier alpha value is -2.39. The minimum atomic E-state index is -0.199. The molecule has 1 heterocycles. The van der Waals surface area contributed by atoms with Crippen LogP contribution in [-0.2, 0) is 6.54 Å². The summed E-state index contributed by atoms with van der Waals surface area (Å²) in [7, 11) is 0. The second-order valence-electron chi connectivity index (χ2n) is 4.79. The van der Waals surface area contributed by atoms with Crippen molar-refractivity contribution in [3.8, 4) is 0 Å². The molecule has 0 saturated heterocycles. The molecule has 1 aromatic heterocycles. The Labute approximate surface area is 118 Å². The summed E-state index contributed by atoms with van der Waals surface area (Å²) in [6.45, 7) is 0.788. The fraction of sp³-hybridized carbons (Fsp3) is 0.118. The fourth-order valence-corrected chi connectivity index (χ4v) is 2.32. The van der Waals surface area contributed by atoms with Crippen LogP contribution in [0.4, 0.5) is 0 Å². The SMILES string of the molecule is NC(c1ccccc1)c1nccn1Cc1ccccc1. The van der Waals surface area contributed by atoms with Crippen LogP contribution in [0.3, 0.4) is 0 Å². The van der Waals surface area contributed by atoms with Crippen molar-refractivity contribution in [2.45, 2.75) is 12.6 Å². The molecule has 0 aliphatic carbocycles. The van der Waals surface area contributed by atoms with Crippen LogP contribution >= 0.6 is 0 Å². The molecule has 2 aromatic carbocycles. The number of hydrogen-bond donors (Lipinski definition) is 1. The number of aromatic nitrogens is 2. The maximum absolute atomic E-state index is 6.33. The van der Waals surface area contributed by atoms with Gasteiger partial charge < -0.3 is 10.3 Å². The van der Waals surface area contributed by atoms with E-state index in [0.29, 0.717) is 0 Å². The monoisotopic (exact) mass is 263 g/mol. The first-order valence-electron chi connectivity index (χ1n) is 6.70. The van der Waals surface area contributed by atoms with Crippen molar-refractivity contribution in [2.24, 2.45) is 5.73 Å². The fourth-order valence-electron chi connectivity index (χ4n) is 2.32. The predicted molar refractivity (Wildman–Crippen MR) is 80.2 cm³/mol. The van der Waals surface area contributed by atoms with Gasteiger partial charge in [-0.2, -0.15) is 0 Å². The van der Waals surface area contributed by atoms with Crippen LogP contribution < -0.4 is 5.73 Å². The molecular formula is C17H17N3. The third-order valence-electron chi connectivity index (χ3n) is 3.38. The molecule has 3 aromatic rings. The van der Waals surface area contributed by atoms with E-state index in [4.69, 9.17) is 5.73 Å². The lowest BCUT2D eigenvalue weighted by Crippen LogP contribution is -2.18. The van der Waals surface area contributed by atoms with Gasteiger partial charge in [0.25, 0.3) is 0 Å². The highest BCUT2D eigenvalue weighted by atomic mass is 15.1. The topological polar surface area (TPSA) is 43.8 Å². The van der Waals surface area contributed by atoms with Crippen LogP contribution in [-0.4, -0.2) is 9.55 Å². The normalized spacial score (nSPS) is 12.2. The summed E-state index contributed by atoms with van der Waals surface area (Å²) in [5.41, 5.74) is 8.65. The first kappa shape index (κ1) is 12.6. The van der Waals surface area contributed by atoms with Crippen molar-refractivity contribution in [3.63, 3.8) is 0 Å². The van der Waals surface area contributed by atoms with Crippen LogP contribution in [0.1, 0.15) is 23.0 Å². The summed E-state index contributed by atoms with van der Waals surface area (Å²) in [5.74, 6) is 0.889. The molecule has 0 bridgehead atoms. The van der Waals surface area contributed by atoms with Gasteiger partial charge in [-0.3, -0.25) is 0 Å². The van der Waals surface area contributed by atoms with Crippen LogP contribution in [0.2, 0.25) is 0 Å². The third-order valence-corrected chi connectivity index (χ3v) is 3.38. The molecule has 2 N–H and O–H groups in total. The second-order valence-corrected chi connectivity index (χ2v) is 4.79. The molecule has 3 rings (SSSR count). The quantitative estimate of drug-likeness (QED) is 0.786. The lowest BCUT2D eigenvalue weighted by molar-refractivity contribution is 0.674. The van der Waals surface area contributed by atoms with E-state index >= 15 is 0 Å². The van der Waals surface area contributed by atoms with E-state index in [-0.39, 0.29) is 6.04 Å². The van der Waals surface area contributed by atoms with E-state index in [0.717, 1.165) is 17.9 Å². The highest BCUT2D eigenvalue weighted by Crippen LogP contribution is 2.18. The number of benzene rings is 2. The summed E-state index contributed by atoms with van der Waals surface area (Å²) in [6, 6.07) is 20.2. The molecule has 3 nitrogen and oxygen atoms in total. The molecule has 0 radical (unpaired) electrons. The largest absolute Gasteiger partial charge is 0.329 e. The van der Waals surface area contributed by atoms with Crippen LogP contribution in [0.15, 0.2) is 73.1 Å². The number of imidazole rings is 1. The standard InChI is InChI=1S/C17H17N3/c18-16(15-9-5-2-6-10-15)17-19-11-12-20(17)13-14-7-3-1-4-8-14/h1-12,16H,13,18H2. The Morgan fingerprint density at radius 1 is 0.950 bits per heavy atom. The first-order chi connectivity index (χ1) is 9.84. The van der Waals surface area contributed by atoms with Crippen LogP contribution in [0.5, 0.6) is 0 Å². The molecule has 0 saturated carbocycles. The van der Waals surface area contributed by atoms with Gasteiger partial charge in [0.2, 0.25) is 0 Å². The molecule has 20 heavy (non-hydrogen) atoms. The average Bonchev–Trinajstić information content (AvgIpc) is 2.96. The van der Waals surface area contributed by atoms with Gasteiger partial charge in [-0.1, -0.05) is 60.7 Å². The van der Waals surface area contributed by atoms with Crippen molar-refractivity contribution in [2.75, 3.05) is 0 Å². The highest BCUT2D eigenvalue weighted by molar-refractivity contribution is 5.25. The predicted octanol–water partition coefficient (Wildman–Crippen LogP) is 2.98. The summed E-state index contributed by atoms with van der Waals surface area (Å²) >= 11 is 0. The van der Waals surface area contributed by atoms with Crippen LogP contribution in [0, 0.1) is 0 Å². The van der Waals surface area contributed by atoms with E-state index in [1.165, 1.54) is 5.56 Å². The smallest absolute Gasteiger partial charge is 0.130 e. The minimum Gasteiger partial charge on any atom is -0.329 e. The van der Waals surface area contributed by atoms with Gasteiger partial charge in [0.1, 0.15) is 5.82 Å². The zero-order valence-electron chi connectivity index (χ0n) is 11.2. The van der Waals surface area contributed by atoms with Crippen molar-refractivity contribution in [3.05, 3.63) is 90.0 Å². The van der Waals surface area contributed by atoms with E-state index in [1.807, 2.05) is 54.7 Å². The Morgan fingerprint density at radius 3 is 2.30 bits per heavy atom. The molecule has 100 valence electrons. The number of hydrogen-bond acceptors (Lipinski definition) is 2. The summed E-state index contributed by atoms with van der Waals surface area (Å²) in [6.07, 6.45) is 3.78. The van der Waals surface area contributed by atoms with E-state index in [9.17, 15) is 0 Å². The third kappa shape index (κ3) is 2.63. The summed E-state index contributed by atoms with van der Waals surface area (Å²) in [5, 5.41) is 0. The minimum absolute atomic E-state index is 0.199. The second kappa shape index (κ2) is 5.72. The number of nitrogens with two attached hydrogens (primary N) is 1. The van der Waals surface area contributed by atoms with Gasteiger partial charge in [0, 0.05) is 18.9 Å². The maximum Gasteiger partial charge on any atom is 0.130 e. The van der Waals surface area contributed by atoms with Crippen molar-refractivity contribution < 1.29 is 0 Å². The molecule has 0 fully saturated rings. The lowest BCUT2D eigenvalue weighted by atomic mass is 10.1. The molecular weight excluding hydrogens is 246 g/mol. The Morgan fingerprint density at radius 2 is 1.60 bits per heavy atom. The summed E-state index contributed by atoms with van der Waals surface area (Å²) in [4.78, 5) is 4.43. The molecule has 1 unspecified atom stereocenters. The lowest BCUT2D eigenvalue weighted by Gasteiger charge is -2.14. The van der Waals surface area contributed by atoms with Gasteiger partial charge in [-0.05, 0) is 11.1 Å².